The van der Waals surface area contributed by atoms with Crippen LogP contribution >= 0.6 is 0 Å². The number of carbonyl (C=O) groups is 1. The monoisotopic (exact) mass is 559 g/mol. The first-order valence-corrected chi connectivity index (χ1v) is 13.4. The van der Waals surface area contributed by atoms with Crippen LogP contribution in [0.5, 0.6) is 0 Å². The van der Waals surface area contributed by atoms with Crippen molar-refractivity contribution in [3.8, 4) is 0 Å². The van der Waals surface area contributed by atoms with Crippen molar-refractivity contribution < 1.29 is 26.7 Å². The summed E-state index contributed by atoms with van der Waals surface area (Å²) in [5, 5.41) is 11.3. The van der Waals surface area contributed by atoms with Gasteiger partial charge in [0.15, 0.2) is 0 Å². The third-order valence-electron chi connectivity index (χ3n) is 8.85. The van der Waals surface area contributed by atoms with Gasteiger partial charge < -0.3 is 14.8 Å². The number of benzene rings is 2. The number of hydrogen-bond acceptors (Lipinski definition) is 4. The number of alkyl halides is 5. The predicted molar refractivity (Wildman–Crippen MR) is 138 cm³/mol. The van der Waals surface area contributed by atoms with Crippen LogP contribution in [0.4, 0.5) is 27.6 Å². The Bertz CT molecular complexity index is 1470. The molecule has 0 radical (unpaired) electrons. The van der Waals surface area contributed by atoms with Gasteiger partial charge in [-0.15, -0.1) is 10.2 Å². The molecule has 6 rings (SSSR count). The molecule has 0 bridgehead atoms. The lowest BCUT2D eigenvalue weighted by atomic mass is 9.59. The molecule has 1 N–H and O–H groups in total. The number of nitrogens with zero attached hydrogens (tertiary/aromatic N) is 4. The summed E-state index contributed by atoms with van der Waals surface area (Å²) < 4.78 is 73.2. The van der Waals surface area contributed by atoms with Gasteiger partial charge in [-0.25, -0.2) is 8.78 Å². The van der Waals surface area contributed by atoms with Gasteiger partial charge in [0, 0.05) is 55.1 Å². The van der Waals surface area contributed by atoms with E-state index < -0.39 is 41.8 Å². The molecule has 1 aromatic heterocycles. The minimum absolute atomic E-state index is 0.00137. The number of amides is 1. The first-order valence-electron chi connectivity index (χ1n) is 13.4. The Hall–Kier alpha value is -3.34. The number of carbonyl (C=O) groups excluding carboxylic acids is 1. The average Bonchev–Trinajstić information content (AvgIpc) is 3.41. The topological polar surface area (TPSA) is 63.1 Å². The SMILES string of the molecule is Cn1cnnc1CC1(c2ccccc2N2Cc3c(cc(CNC4(C)CCC4)cc3C(F)(F)F)C2=O)CC(F)(F)C1. The summed E-state index contributed by atoms with van der Waals surface area (Å²) in [4.78, 5) is 15.0. The van der Waals surface area contributed by atoms with Crippen LogP contribution in [0.3, 0.4) is 0 Å². The molecule has 3 aliphatic rings. The zero-order chi connectivity index (χ0) is 28.5. The highest BCUT2D eigenvalue weighted by Crippen LogP contribution is 2.57. The average molecular weight is 560 g/mol. The van der Waals surface area contributed by atoms with Gasteiger partial charge in [-0.2, -0.15) is 13.2 Å². The number of aromatic nitrogens is 3. The number of halogens is 5. The molecule has 0 atom stereocenters. The van der Waals surface area contributed by atoms with Crippen LogP contribution in [-0.4, -0.2) is 32.1 Å². The van der Waals surface area contributed by atoms with E-state index in [0.29, 0.717) is 22.6 Å². The fourth-order valence-electron chi connectivity index (χ4n) is 6.49. The van der Waals surface area contributed by atoms with Crippen LogP contribution in [0.1, 0.15) is 77.5 Å². The number of aryl methyl sites for hydroxylation is 1. The van der Waals surface area contributed by atoms with E-state index in [0.717, 1.165) is 25.3 Å². The van der Waals surface area contributed by atoms with Gasteiger partial charge >= 0.3 is 6.18 Å². The van der Waals surface area contributed by atoms with Crippen LogP contribution < -0.4 is 10.2 Å². The zero-order valence-corrected chi connectivity index (χ0v) is 22.3. The lowest BCUT2D eigenvalue weighted by Crippen LogP contribution is -2.51. The Morgan fingerprint density at radius 2 is 1.82 bits per heavy atom. The van der Waals surface area contributed by atoms with Gasteiger partial charge in [0.25, 0.3) is 5.91 Å². The van der Waals surface area contributed by atoms with Gasteiger partial charge in [0.05, 0.1) is 12.1 Å². The van der Waals surface area contributed by atoms with Crippen LogP contribution in [0, 0.1) is 0 Å². The molecular weight excluding hydrogens is 529 g/mol. The molecule has 40 heavy (non-hydrogen) atoms. The van der Waals surface area contributed by atoms with Crippen molar-refractivity contribution in [2.45, 2.75) is 81.6 Å². The minimum Gasteiger partial charge on any atom is -0.321 e. The molecule has 212 valence electrons. The lowest BCUT2D eigenvalue weighted by Gasteiger charge is -2.48. The molecule has 2 heterocycles. The second kappa shape index (κ2) is 9.09. The molecule has 2 aromatic carbocycles. The van der Waals surface area contributed by atoms with E-state index >= 15 is 0 Å². The van der Waals surface area contributed by atoms with E-state index in [2.05, 4.69) is 15.5 Å². The van der Waals surface area contributed by atoms with E-state index in [1.54, 1.807) is 35.9 Å². The molecule has 11 heteroatoms. The molecule has 1 aliphatic heterocycles. The molecule has 6 nitrogen and oxygen atoms in total. The summed E-state index contributed by atoms with van der Waals surface area (Å²) in [5.74, 6) is -2.95. The van der Waals surface area contributed by atoms with Crippen molar-refractivity contribution in [3.63, 3.8) is 0 Å². The molecule has 2 saturated carbocycles. The van der Waals surface area contributed by atoms with Crippen LogP contribution in [0.25, 0.3) is 0 Å². The standard InChI is InChI=1S/C29H30F5N5O/c1-26(8-5-9-26)35-13-18-10-19-20(22(11-18)29(32,33)34)14-39(25(19)40)23-7-4-3-6-21(23)27(15-28(30,31)16-27)12-24-37-36-17-38(24)2/h3-4,6-7,10-11,17,35H,5,8-9,12-16H2,1-2H3. The number of anilines is 1. The third-order valence-corrected chi connectivity index (χ3v) is 8.85. The minimum atomic E-state index is -4.65. The molecule has 0 unspecified atom stereocenters. The van der Waals surface area contributed by atoms with Crippen LogP contribution in [-0.2, 0) is 38.1 Å². The van der Waals surface area contributed by atoms with E-state index in [4.69, 9.17) is 0 Å². The lowest BCUT2D eigenvalue weighted by molar-refractivity contribution is -0.138. The van der Waals surface area contributed by atoms with E-state index in [-0.39, 0.29) is 36.2 Å². The third kappa shape index (κ3) is 4.57. The van der Waals surface area contributed by atoms with Gasteiger partial charge in [0.2, 0.25) is 5.92 Å². The predicted octanol–water partition coefficient (Wildman–Crippen LogP) is 5.94. The largest absolute Gasteiger partial charge is 0.416 e. The van der Waals surface area contributed by atoms with Crippen molar-refractivity contribution in [1.82, 2.24) is 20.1 Å². The van der Waals surface area contributed by atoms with Crippen molar-refractivity contribution in [1.29, 1.82) is 0 Å². The Morgan fingerprint density at radius 1 is 1.10 bits per heavy atom. The quantitative estimate of drug-likeness (QED) is 0.364. The molecule has 2 fully saturated rings. The Labute approximate surface area is 228 Å². The zero-order valence-electron chi connectivity index (χ0n) is 22.3. The summed E-state index contributed by atoms with van der Waals surface area (Å²) in [6.45, 7) is 1.97. The number of fused-ring (bicyclic) bond motifs is 1. The maximum atomic E-state index is 14.4. The van der Waals surface area contributed by atoms with E-state index in [1.807, 2.05) is 6.92 Å². The molecule has 0 spiro atoms. The number of para-hydroxylation sites is 1. The van der Waals surface area contributed by atoms with Gasteiger partial charge in [-0.3, -0.25) is 4.79 Å². The van der Waals surface area contributed by atoms with Gasteiger partial charge in [0.1, 0.15) is 12.2 Å². The van der Waals surface area contributed by atoms with Gasteiger partial charge in [-0.05, 0) is 61.1 Å². The van der Waals surface area contributed by atoms with Crippen molar-refractivity contribution in [3.05, 3.63) is 76.4 Å². The molecular formula is C29H30F5N5O. The highest BCUT2D eigenvalue weighted by atomic mass is 19.4. The van der Waals surface area contributed by atoms with E-state index in [1.165, 1.54) is 17.3 Å². The summed E-state index contributed by atoms with van der Waals surface area (Å²) >= 11 is 0. The summed E-state index contributed by atoms with van der Waals surface area (Å²) in [7, 11) is 1.73. The van der Waals surface area contributed by atoms with Crippen LogP contribution in [0.15, 0.2) is 42.7 Å². The smallest absolute Gasteiger partial charge is 0.321 e. The molecule has 3 aromatic rings. The van der Waals surface area contributed by atoms with Crippen LogP contribution in [0.2, 0.25) is 0 Å². The maximum Gasteiger partial charge on any atom is 0.416 e. The summed E-state index contributed by atoms with van der Waals surface area (Å²) in [6, 6.07) is 9.35. The normalized spacial score (nSPS) is 20.7. The molecule has 0 saturated heterocycles. The first-order chi connectivity index (χ1) is 18.8. The van der Waals surface area contributed by atoms with Crippen molar-refractivity contribution >= 4 is 11.6 Å². The maximum absolute atomic E-state index is 14.4. The fraction of sp³-hybridized carbons (Fsp3) is 0.483. The Kier molecular flexibility index (Phi) is 6.10. The Balaban J connectivity index is 1.38. The second-order valence-electron chi connectivity index (χ2n) is 11.9. The fourth-order valence-corrected chi connectivity index (χ4v) is 6.49. The van der Waals surface area contributed by atoms with Crippen molar-refractivity contribution in [2.75, 3.05) is 4.90 Å². The summed E-state index contributed by atoms with van der Waals surface area (Å²) in [6.07, 6.45) is -0.957. The first kappa shape index (κ1) is 26.9. The van der Waals surface area contributed by atoms with Gasteiger partial charge in [-0.1, -0.05) is 18.2 Å². The molecule has 2 aliphatic carbocycles. The second-order valence-corrected chi connectivity index (χ2v) is 11.9. The number of nitrogens with one attached hydrogen (secondary N) is 1. The number of rotatable bonds is 7. The van der Waals surface area contributed by atoms with E-state index in [9.17, 15) is 26.7 Å². The number of hydrogen-bond donors (Lipinski definition) is 1. The summed E-state index contributed by atoms with van der Waals surface area (Å²) in [5.41, 5.74) is -0.856. The molecule has 1 amide bonds. The highest BCUT2D eigenvalue weighted by molar-refractivity contribution is 6.11. The highest BCUT2D eigenvalue weighted by Gasteiger charge is 2.58. The van der Waals surface area contributed by atoms with Crippen molar-refractivity contribution in [2.24, 2.45) is 7.05 Å². The Morgan fingerprint density at radius 3 is 2.42 bits per heavy atom.